The molecule has 0 amide bonds. The van der Waals surface area contributed by atoms with E-state index in [9.17, 15) is 4.79 Å². The molecule has 5 heteroatoms. The second kappa shape index (κ2) is 6.72. The Bertz CT molecular complexity index is 637. The minimum absolute atomic E-state index is 0.0239. The minimum Gasteiger partial charge on any atom is -0.491 e. The van der Waals surface area contributed by atoms with Gasteiger partial charge < -0.3 is 10.1 Å². The number of nitrogens with zero attached hydrogens (tertiary/aromatic N) is 1. The average molecular weight is 304 g/mol. The average Bonchev–Trinajstić information content (AvgIpc) is 2.80. The molecule has 0 radical (unpaired) electrons. The van der Waals surface area contributed by atoms with Crippen molar-refractivity contribution in [3.05, 3.63) is 35.5 Å². The van der Waals surface area contributed by atoms with Crippen LogP contribution in [0.15, 0.2) is 24.3 Å². The third-order valence-corrected chi connectivity index (χ3v) is 4.07. The first-order valence-electron chi connectivity index (χ1n) is 7.02. The van der Waals surface area contributed by atoms with Gasteiger partial charge in [-0.1, -0.05) is 13.0 Å². The first-order chi connectivity index (χ1) is 10.0. The summed E-state index contributed by atoms with van der Waals surface area (Å²) in [6.07, 6.45) is 1.14. The molecule has 112 valence electrons. The lowest BCUT2D eigenvalue weighted by Gasteiger charge is -2.13. The van der Waals surface area contributed by atoms with Crippen molar-refractivity contribution in [2.45, 2.75) is 40.2 Å². The molecule has 0 bridgehead atoms. The summed E-state index contributed by atoms with van der Waals surface area (Å²) in [6.45, 7) is 7.54. The number of Topliss-reactive ketones (excluding diaryl/α,β-unsaturated/α-hetero) is 1. The van der Waals surface area contributed by atoms with E-state index in [0.29, 0.717) is 5.56 Å². The second-order valence-electron chi connectivity index (χ2n) is 5.02. The number of ketones is 1. The monoisotopic (exact) mass is 304 g/mol. The number of rotatable bonds is 6. The molecule has 0 fully saturated rings. The summed E-state index contributed by atoms with van der Waals surface area (Å²) in [5, 5.41) is 4.04. The van der Waals surface area contributed by atoms with Crippen LogP contribution in [0.5, 0.6) is 5.75 Å². The molecule has 2 rings (SSSR count). The van der Waals surface area contributed by atoms with Crippen molar-refractivity contribution in [2.75, 3.05) is 5.32 Å². The maximum absolute atomic E-state index is 11.7. The van der Waals surface area contributed by atoms with Crippen LogP contribution in [0.4, 0.5) is 10.7 Å². The van der Waals surface area contributed by atoms with E-state index in [2.05, 4.69) is 16.6 Å². The van der Waals surface area contributed by atoms with Gasteiger partial charge in [0.2, 0.25) is 0 Å². The zero-order valence-corrected chi connectivity index (χ0v) is 13.6. The fourth-order valence-corrected chi connectivity index (χ4v) is 2.83. The van der Waals surface area contributed by atoms with E-state index in [1.807, 2.05) is 38.1 Å². The Kier molecular flexibility index (Phi) is 4.96. The molecule has 1 heterocycles. The number of carbonyl (C=O) groups is 1. The molecule has 21 heavy (non-hydrogen) atoms. The van der Waals surface area contributed by atoms with Crippen LogP contribution in [0.1, 0.15) is 43.2 Å². The first-order valence-corrected chi connectivity index (χ1v) is 7.79. The summed E-state index contributed by atoms with van der Waals surface area (Å²) < 4.78 is 10.1. The number of aryl methyl sites for hydroxylation is 1. The smallest absolute Gasteiger partial charge is 0.164 e. The van der Waals surface area contributed by atoms with Crippen LogP contribution in [0, 0.1) is 6.92 Å². The number of carbonyl (C=O) groups excluding carboxylic acids is 1. The zero-order chi connectivity index (χ0) is 15.4. The summed E-state index contributed by atoms with van der Waals surface area (Å²) >= 11 is 1.30. The predicted octanol–water partition coefficient (Wildman–Crippen LogP) is 4.58. The third-order valence-electron chi connectivity index (χ3n) is 3.22. The fourth-order valence-electron chi connectivity index (χ4n) is 1.96. The molecule has 0 saturated carbocycles. The number of aromatic nitrogens is 1. The van der Waals surface area contributed by atoms with Crippen molar-refractivity contribution in [3.8, 4) is 5.75 Å². The highest BCUT2D eigenvalue weighted by atomic mass is 32.1. The van der Waals surface area contributed by atoms with Crippen molar-refractivity contribution in [3.63, 3.8) is 0 Å². The summed E-state index contributed by atoms with van der Waals surface area (Å²) in [6, 6.07) is 7.75. The van der Waals surface area contributed by atoms with E-state index in [4.69, 9.17) is 4.74 Å². The van der Waals surface area contributed by atoms with Gasteiger partial charge >= 0.3 is 0 Å². The van der Waals surface area contributed by atoms with Gasteiger partial charge in [-0.25, -0.2) is 0 Å². The van der Waals surface area contributed by atoms with Gasteiger partial charge in [-0.15, -0.1) is 0 Å². The number of ether oxygens (including phenoxy) is 1. The molecule has 1 aromatic heterocycles. The van der Waals surface area contributed by atoms with Gasteiger partial charge in [-0.3, -0.25) is 4.79 Å². The molecule has 2 aromatic rings. The number of hydrogen-bond acceptors (Lipinski definition) is 5. The lowest BCUT2D eigenvalue weighted by molar-refractivity contribution is 0.101. The predicted molar refractivity (Wildman–Crippen MR) is 87.0 cm³/mol. The number of benzene rings is 1. The van der Waals surface area contributed by atoms with Crippen molar-refractivity contribution < 1.29 is 9.53 Å². The van der Waals surface area contributed by atoms with Crippen LogP contribution < -0.4 is 10.1 Å². The van der Waals surface area contributed by atoms with Crippen molar-refractivity contribution >= 4 is 28.0 Å². The van der Waals surface area contributed by atoms with Gasteiger partial charge in [0.25, 0.3) is 0 Å². The molecule has 0 spiro atoms. The van der Waals surface area contributed by atoms with Crippen LogP contribution in [0.2, 0.25) is 0 Å². The Morgan fingerprint density at radius 3 is 2.90 bits per heavy atom. The molecule has 0 aliphatic rings. The standard InChI is InChI=1S/C16H20N2O2S/c1-5-10(2)20-14-8-6-7-13(9-14)17-16-15(12(4)19)11(3)18-21-16/h6-10,17H,5H2,1-4H3. The highest BCUT2D eigenvalue weighted by molar-refractivity contribution is 7.10. The molecule has 0 saturated heterocycles. The Labute approximate surface area is 129 Å². The SMILES string of the molecule is CCC(C)Oc1cccc(Nc2snc(C)c2C(C)=O)c1. The van der Waals surface area contributed by atoms with Crippen molar-refractivity contribution in [1.82, 2.24) is 4.37 Å². The number of hydrogen-bond donors (Lipinski definition) is 1. The van der Waals surface area contributed by atoms with Crippen LogP contribution in [0.25, 0.3) is 0 Å². The molecule has 1 aromatic carbocycles. The van der Waals surface area contributed by atoms with Gasteiger partial charge in [0.1, 0.15) is 10.8 Å². The Balaban J connectivity index is 2.20. The largest absolute Gasteiger partial charge is 0.491 e. The molecular formula is C16H20N2O2S. The van der Waals surface area contributed by atoms with E-state index < -0.39 is 0 Å². The number of anilines is 2. The minimum atomic E-state index is 0.0239. The van der Waals surface area contributed by atoms with Gasteiger partial charge in [0, 0.05) is 11.8 Å². The normalized spacial score (nSPS) is 12.0. The summed E-state index contributed by atoms with van der Waals surface area (Å²) in [5.41, 5.74) is 2.32. The first kappa shape index (κ1) is 15.5. The van der Waals surface area contributed by atoms with E-state index in [1.54, 1.807) is 6.92 Å². The summed E-state index contributed by atoms with van der Waals surface area (Å²) in [4.78, 5) is 11.7. The summed E-state index contributed by atoms with van der Waals surface area (Å²) in [7, 11) is 0. The maximum Gasteiger partial charge on any atom is 0.164 e. The fraction of sp³-hybridized carbons (Fsp3) is 0.375. The van der Waals surface area contributed by atoms with Crippen LogP contribution in [-0.4, -0.2) is 16.3 Å². The highest BCUT2D eigenvalue weighted by Gasteiger charge is 2.15. The van der Waals surface area contributed by atoms with Crippen molar-refractivity contribution in [1.29, 1.82) is 0 Å². The quantitative estimate of drug-likeness (QED) is 0.794. The maximum atomic E-state index is 11.7. The topological polar surface area (TPSA) is 51.2 Å². The van der Waals surface area contributed by atoms with Gasteiger partial charge in [0.15, 0.2) is 5.78 Å². The molecule has 1 unspecified atom stereocenters. The second-order valence-corrected chi connectivity index (χ2v) is 5.79. The summed E-state index contributed by atoms with van der Waals surface area (Å²) in [5.74, 6) is 0.843. The van der Waals surface area contributed by atoms with E-state index >= 15 is 0 Å². The Morgan fingerprint density at radius 1 is 1.48 bits per heavy atom. The molecule has 4 nitrogen and oxygen atoms in total. The lowest BCUT2D eigenvalue weighted by atomic mass is 10.2. The Morgan fingerprint density at radius 2 is 2.24 bits per heavy atom. The van der Waals surface area contributed by atoms with Crippen LogP contribution >= 0.6 is 11.5 Å². The molecule has 1 N–H and O–H groups in total. The zero-order valence-electron chi connectivity index (χ0n) is 12.8. The van der Waals surface area contributed by atoms with E-state index in [0.717, 1.165) is 28.6 Å². The van der Waals surface area contributed by atoms with Gasteiger partial charge in [0.05, 0.1) is 17.4 Å². The molecule has 0 aliphatic heterocycles. The molecule has 1 atom stereocenters. The van der Waals surface area contributed by atoms with Crippen LogP contribution in [0.3, 0.4) is 0 Å². The van der Waals surface area contributed by atoms with Gasteiger partial charge in [-0.2, -0.15) is 4.37 Å². The van der Waals surface area contributed by atoms with Crippen molar-refractivity contribution in [2.24, 2.45) is 0 Å². The van der Waals surface area contributed by atoms with E-state index in [1.165, 1.54) is 11.5 Å². The third kappa shape index (κ3) is 3.82. The lowest BCUT2D eigenvalue weighted by Crippen LogP contribution is -2.09. The Hall–Kier alpha value is -1.88. The number of nitrogens with one attached hydrogen (secondary N) is 1. The molecular weight excluding hydrogens is 284 g/mol. The van der Waals surface area contributed by atoms with Crippen LogP contribution in [-0.2, 0) is 0 Å². The molecule has 0 aliphatic carbocycles. The van der Waals surface area contributed by atoms with E-state index in [-0.39, 0.29) is 11.9 Å². The highest BCUT2D eigenvalue weighted by Crippen LogP contribution is 2.29. The van der Waals surface area contributed by atoms with Gasteiger partial charge in [-0.05, 0) is 50.9 Å².